The molecule has 0 radical (unpaired) electrons. The van der Waals surface area contributed by atoms with Crippen LogP contribution in [-0.4, -0.2) is 244 Å². The maximum Gasteiger partial charge on any atom is 0.335 e. The Hall–Kier alpha value is -5.84. The van der Waals surface area contributed by atoms with E-state index in [9.17, 15) is 66.3 Å². The van der Waals surface area contributed by atoms with Crippen molar-refractivity contribution in [3.05, 3.63) is 83.6 Å². The first-order valence-corrected chi connectivity index (χ1v) is 35.8. The Bertz CT molecular complexity index is 3940. The Morgan fingerprint density at radius 1 is 0.526 bits per heavy atom. The minimum Gasteiger partial charge on any atom is -0.744 e. The summed E-state index contributed by atoms with van der Waals surface area (Å²) >= 11 is 0. The van der Waals surface area contributed by atoms with Gasteiger partial charge in [-0.3, -0.25) is 9.59 Å². The number of ether oxygens (including phenoxy) is 11. The monoisotopic (exact) mass is 1410 g/mol. The van der Waals surface area contributed by atoms with Crippen molar-refractivity contribution in [1.82, 2.24) is 5.06 Å². The zero-order valence-corrected chi connectivity index (χ0v) is 56.5. The fourth-order valence-electron chi connectivity index (χ4n) is 11.3. The molecule has 0 aromatic heterocycles. The zero-order chi connectivity index (χ0) is 69.2. The summed E-state index contributed by atoms with van der Waals surface area (Å²) in [5, 5.41) is 0.230. The number of allylic oxidation sites excluding steroid dienone is 4. The molecule has 0 aliphatic carbocycles. The molecular formula is C61H78N3O27S4-3. The lowest BCUT2D eigenvalue weighted by Gasteiger charge is -2.31. The fourth-order valence-corrected chi connectivity index (χ4v) is 13.9. The predicted octanol–water partition coefficient (Wildman–Crippen LogP) is 3.03. The van der Waals surface area contributed by atoms with Crippen molar-refractivity contribution in [2.24, 2.45) is 0 Å². The number of carbonyl (C=O) groups is 3. The van der Waals surface area contributed by atoms with Gasteiger partial charge < -0.3 is 80.1 Å². The summed E-state index contributed by atoms with van der Waals surface area (Å²) in [6.07, 6.45) is 5.23. The highest BCUT2D eigenvalue weighted by atomic mass is 32.2. The lowest BCUT2D eigenvalue weighted by molar-refractivity contribution is -0.442. The molecule has 4 aromatic rings. The highest BCUT2D eigenvalue weighted by Gasteiger charge is 2.47. The average Bonchev–Trinajstić information content (AvgIpc) is 1.60. The van der Waals surface area contributed by atoms with Crippen LogP contribution >= 0.6 is 0 Å². The number of carbonyl (C=O) groups excluding carboxylic acids is 3. The Morgan fingerprint density at radius 3 is 1.42 bits per heavy atom. The van der Waals surface area contributed by atoms with E-state index in [0.717, 1.165) is 12.1 Å². The van der Waals surface area contributed by atoms with Gasteiger partial charge in [-0.05, 0) is 91.4 Å². The molecule has 526 valence electrons. The van der Waals surface area contributed by atoms with E-state index in [2.05, 4.69) is 0 Å². The third-order valence-electron chi connectivity index (χ3n) is 15.7. The highest BCUT2D eigenvalue weighted by molar-refractivity contribution is 7.87. The molecule has 30 nitrogen and oxygen atoms in total. The van der Waals surface area contributed by atoms with Crippen LogP contribution in [0.15, 0.2) is 92.0 Å². The summed E-state index contributed by atoms with van der Waals surface area (Å²) in [6, 6.07) is 9.09. The topological polar surface area (TPSA) is 400 Å². The van der Waals surface area contributed by atoms with Crippen LogP contribution in [0.1, 0.15) is 57.6 Å². The molecule has 1 unspecified atom stereocenters. The number of imide groups is 1. The van der Waals surface area contributed by atoms with Crippen molar-refractivity contribution in [3.63, 3.8) is 0 Å². The molecular weight excluding hydrogens is 1330 g/mol. The summed E-state index contributed by atoms with van der Waals surface area (Å²) in [6.45, 7) is 9.98. The molecule has 4 aromatic carbocycles. The van der Waals surface area contributed by atoms with Gasteiger partial charge in [0.25, 0.3) is 11.8 Å². The molecule has 0 saturated carbocycles. The van der Waals surface area contributed by atoms with Gasteiger partial charge in [-0.15, -0.1) is 5.06 Å². The van der Waals surface area contributed by atoms with Crippen LogP contribution in [0.25, 0.3) is 21.5 Å². The van der Waals surface area contributed by atoms with E-state index in [1.807, 2.05) is 16.4 Å². The first kappa shape index (κ1) is 76.5. The summed E-state index contributed by atoms with van der Waals surface area (Å²) in [7, 11) is -18.4. The smallest absolute Gasteiger partial charge is 0.335 e. The SMILES string of the molecule is COCCOCCOCCOCCC1(C)/C(=C\C=C\C2=[N+](CCOCCOCCOCCOCCOCCOCCC(=O)ON3C(=O)CCC3=O)c3ccc4c(S(=O)(=O)[O-])cc(S(=O)(=O)[O-])cc4c3C2(C)C)N(CCOC)c2ccc3c(S(=O)(=O)[O-])cc(S(=O)(=O)[O-])cc3c21. The standard InChI is InChI=1S/C61H81N3O27S4/c1-60(2)53(7-6-8-54-61(3,16-20-83-26-29-87-32-31-85-24-23-81-5)59-48-40-44(93(71,72)73)42-52(95(77,78)79)46(48)10-12-50(59)63(54)17-21-80-4)62(49-11-9-45-47(58(49)60)39-43(92(68,69)70)41-51(45)94(74,75)76)18-22-84-27-30-88-34-36-90-38-37-89-35-33-86-28-25-82-19-15-57(67)91-64-55(65)13-14-56(64)66/h6-12,39-42H,13-38H2,1-5H3,(H3-,68,69,70,71,72,73,74,75,76,77,78,79)/p-3. The van der Waals surface area contributed by atoms with Crippen molar-refractivity contribution in [2.75, 3.05) is 164 Å². The second kappa shape index (κ2) is 34.6. The van der Waals surface area contributed by atoms with E-state index in [0.29, 0.717) is 70.9 Å². The second-order valence-electron chi connectivity index (χ2n) is 22.4. The van der Waals surface area contributed by atoms with Gasteiger partial charge in [0.1, 0.15) is 47.1 Å². The quantitative estimate of drug-likeness (QED) is 0.0266. The van der Waals surface area contributed by atoms with Crippen LogP contribution < -0.4 is 4.90 Å². The molecule has 3 aliphatic rings. The van der Waals surface area contributed by atoms with Crippen LogP contribution in [0.4, 0.5) is 11.4 Å². The van der Waals surface area contributed by atoms with Crippen molar-refractivity contribution in [3.8, 4) is 0 Å². The van der Waals surface area contributed by atoms with Crippen molar-refractivity contribution in [2.45, 2.75) is 76.9 Å². The minimum atomic E-state index is -5.38. The van der Waals surface area contributed by atoms with Crippen molar-refractivity contribution >= 4 is 96.9 Å². The van der Waals surface area contributed by atoms with Crippen LogP contribution in [-0.2, 0) is 123 Å². The van der Waals surface area contributed by atoms with Gasteiger partial charge in [0.05, 0.1) is 150 Å². The first-order valence-electron chi connectivity index (χ1n) is 30.2. The van der Waals surface area contributed by atoms with Gasteiger partial charge >= 0.3 is 5.97 Å². The molecule has 1 atom stereocenters. The molecule has 0 bridgehead atoms. The number of hydroxylamine groups is 2. The van der Waals surface area contributed by atoms with Crippen LogP contribution in [0.2, 0.25) is 0 Å². The molecule has 1 saturated heterocycles. The third-order valence-corrected chi connectivity index (χ3v) is 19.1. The van der Waals surface area contributed by atoms with Gasteiger partial charge in [-0.1, -0.05) is 12.1 Å². The summed E-state index contributed by atoms with van der Waals surface area (Å²) in [5.74, 6) is -1.89. The second-order valence-corrected chi connectivity index (χ2v) is 27.8. The van der Waals surface area contributed by atoms with E-state index in [4.69, 9.17) is 56.9 Å². The first-order chi connectivity index (χ1) is 45.0. The van der Waals surface area contributed by atoms with Crippen molar-refractivity contribution < 1.29 is 128 Å². The maximum absolute atomic E-state index is 12.9. The molecule has 1 fully saturated rings. The number of nitrogens with zero attached hydrogens (tertiary/aromatic N) is 3. The zero-order valence-electron chi connectivity index (χ0n) is 53.2. The lowest BCUT2D eigenvalue weighted by Crippen LogP contribution is -2.32. The lowest BCUT2D eigenvalue weighted by atomic mass is 9.76. The van der Waals surface area contributed by atoms with E-state index in [1.165, 1.54) is 19.2 Å². The van der Waals surface area contributed by atoms with E-state index >= 15 is 0 Å². The van der Waals surface area contributed by atoms with E-state index < -0.39 is 88.7 Å². The molecule has 3 aliphatic heterocycles. The summed E-state index contributed by atoms with van der Waals surface area (Å²) < 4.78 is 216. The van der Waals surface area contributed by atoms with E-state index in [-0.39, 0.29) is 173 Å². The number of amides is 2. The van der Waals surface area contributed by atoms with Crippen molar-refractivity contribution in [1.29, 1.82) is 0 Å². The number of benzene rings is 4. The van der Waals surface area contributed by atoms with E-state index in [1.54, 1.807) is 51.3 Å². The fraction of sp³-hybridized carbons (Fsp3) is 0.541. The predicted molar refractivity (Wildman–Crippen MR) is 332 cm³/mol. The molecule has 95 heavy (non-hydrogen) atoms. The number of fused-ring (bicyclic) bond motifs is 6. The number of anilines is 1. The largest absolute Gasteiger partial charge is 0.744 e. The number of rotatable bonds is 43. The maximum atomic E-state index is 12.9. The van der Waals surface area contributed by atoms with Gasteiger partial charge in [0.15, 0.2) is 12.3 Å². The minimum absolute atomic E-state index is 0.000678. The van der Waals surface area contributed by atoms with Crippen LogP contribution in [0, 0.1) is 0 Å². The Morgan fingerprint density at radius 2 is 0.958 bits per heavy atom. The Labute approximate surface area is 551 Å². The summed E-state index contributed by atoms with van der Waals surface area (Å²) in [5.41, 5.74) is 0.351. The van der Waals surface area contributed by atoms with Crippen LogP contribution in [0.3, 0.4) is 0 Å². The average molecular weight is 1410 g/mol. The highest BCUT2D eigenvalue weighted by Crippen LogP contribution is 2.54. The third kappa shape index (κ3) is 20.2. The van der Waals surface area contributed by atoms with Gasteiger partial charge in [-0.2, -0.15) is 4.58 Å². The Kier molecular flexibility index (Phi) is 27.9. The molecule has 0 spiro atoms. The van der Waals surface area contributed by atoms with Gasteiger partial charge in [-0.25, -0.2) is 38.5 Å². The number of methoxy groups -OCH3 is 2. The number of hydrogen-bond acceptors (Lipinski definition) is 28. The van der Waals surface area contributed by atoms with Crippen LogP contribution in [0.5, 0.6) is 0 Å². The van der Waals surface area contributed by atoms with Gasteiger partial charge in [0, 0.05) is 80.1 Å². The molecule has 34 heteroatoms. The molecule has 3 heterocycles. The molecule has 7 rings (SSSR count). The summed E-state index contributed by atoms with van der Waals surface area (Å²) in [4.78, 5) is 38.0. The number of hydrogen-bond donors (Lipinski definition) is 0. The Balaban J connectivity index is 1.07. The normalized spacial score (nSPS) is 17.3. The molecule has 0 N–H and O–H groups in total. The molecule has 2 amide bonds. The van der Waals surface area contributed by atoms with Gasteiger partial charge in [0.2, 0.25) is 5.69 Å².